The fraction of sp³-hybridized carbons (Fsp3) is 0.588. The molecule has 1 aromatic heterocycles. The van der Waals surface area contributed by atoms with Gasteiger partial charge in [-0.05, 0) is 19.9 Å². The lowest BCUT2D eigenvalue weighted by molar-refractivity contribution is -0.422. The lowest BCUT2D eigenvalue weighted by atomic mass is 10.1. The molecule has 0 spiro atoms. The van der Waals surface area contributed by atoms with Gasteiger partial charge in [0.05, 0.1) is 17.1 Å². The quantitative estimate of drug-likeness (QED) is 0.217. The van der Waals surface area contributed by atoms with E-state index in [2.05, 4.69) is 19.6 Å². The summed E-state index contributed by atoms with van der Waals surface area (Å²) < 4.78 is 12.6. The van der Waals surface area contributed by atoms with Gasteiger partial charge >= 0.3 is 5.97 Å². The molecule has 140 valence electrons. The van der Waals surface area contributed by atoms with Crippen LogP contribution in [-0.4, -0.2) is 36.7 Å². The molecule has 1 aromatic rings. The van der Waals surface area contributed by atoms with Crippen LogP contribution in [0.1, 0.15) is 35.5 Å². The van der Waals surface area contributed by atoms with Gasteiger partial charge in [-0.2, -0.15) is 0 Å². The van der Waals surface area contributed by atoms with Crippen LogP contribution >= 0.6 is 0 Å². The molecule has 8 heteroatoms. The number of aromatic nitrogens is 1. The van der Waals surface area contributed by atoms with E-state index >= 15 is 0 Å². The maximum atomic E-state index is 12.2. The lowest BCUT2D eigenvalue weighted by Crippen LogP contribution is -2.22. The molecule has 0 N–H and O–H groups in total. The number of allylic oxidation sites excluding steroid dienone is 1. The Balaban J connectivity index is 3.05. The fourth-order valence-corrected chi connectivity index (χ4v) is 2.97. The van der Waals surface area contributed by atoms with Crippen LogP contribution in [0.5, 0.6) is 0 Å². The fourth-order valence-electron chi connectivity index (χ4n) is 2.21. The van der Waals surface area contributed by atoms with E-state index in [0.717, 1.165) is 6.04 Å². The Morgan fingerprint density at radius 1 is 1.40 bits per heavy atom. The second-order valence-corrected chi connectivity index (χ2v) is 12.7. The topological polar surface area (TPSA) is 83.6 Å². The SMILES string of the molecule is CCOC(=O)c1c(/C=C(\C)[N+](=O)[O-])cn(COCC[Si](C)(C)C)c1C. The largest absolute Gasteiger partial charge is 0.462 e. The molecule has 0 amide bonds. The van der Waals surface area contributed by atoms with Gasteiger partial charge in [0, 0.05) is 45.1 Å². The van der Waals surface area contributed by atoms with E-state index < -0.39 is 19.0 Å². The van der Waals surface area contributed by atoms with Crippen LogP contribution < -0.4 is 0 Å². The summed E-state index contributed by atoms with van der Waals surface area (Å²) in [7, 11) is -1.17. The molecular weight excluding hydrogens is 340 g/mol. The number of ether oxygens (including phenoxy) is 2. The van der Waals surface area contributed by atoms with Gasteiger partial charge in [-0.3, -0.25) is 10.1 Å². The van der Waals surface area contributed by atoms with Crippen molar-refractivity contribution in [1.29, 1.82) is 0 Å². The Hall–Kier alpha value is -1.93. The number of rotatable bonds is 9. The molecule has 0 saturated carbocycles. The molecule has 0 unspecified atom stereocenters. The minimum Gasteiger partial charge on any atom is -0.462 e. The van der Waals surface area contributed by atoms with Crippen LogP contribution in [0.4, 0.5) is 0 Å². The molecule has 0 aliphatic heterocycles. The zero-order valence-corrected chi connectivity index (χ0v) is 16.9. The van der Waals surface area contributed by atoms with E-state index in [1.54, 1.807) is 24.6 Å². The highest BCUT2D eigenvalue weighted by atomic mass is 28.3. The van der Waals surface area contributed by atoms with Crippen molar-refractivity contribution in [3.8, 4) is 0 Å². The maximum Gasteiger partial charge on any atom is 0.340 e. The van der Waals surface area contributed by atoms with E-state index in [-0.39, 0.29) is 12.3 Å². The number of carbonyl (C=O) groups excluding carboxylic acids is 1. The number of hydrogen-bond acceptors (Lipinski definition) is 5. The highest BCUT2D eigenvalue weighted by Gasteiger charge is 2.21. The van der Waals surface area contributed by atoms with E-state index in [0.29, 0.717) is 30.2 Å². The summed E-state index contributed by atoms with van der Waals surface area (Å²) in [5.74, 6) is -0.483. The summed E-state index contributed by atoms with van der Waals surface area (Å²) in [6.45, 7) is 12.9. The van der Waals surface area contributed by atoms with Crippen molar-refractivity contribution in [3.05, 3.63) is 38.8 Å². The van der Waals surface area contributed by atoms with E-state index in [1.165, 1.54) is 13.0 Å². The predicted molar refractivity (Wildman–Crippen MR) is 99.9 cm³/mol. The Morgan fingerprint density at radius 2 is 2.04 bits per heavy atom. The molecule has 0 fully saturated rings. The Labute approximate surface area is 149 Å². The average Bonchev–Trinajstić information content (AvgIpc) is 2.78. The first kappa shape index (κ1) is 21.1. The van der Waals surface area contributed by atoms with Gasteiger partial charge in [0.25, 0.3) is 0 Å². The first-order valence-electron chi connectivity index (χ1n) is 8.34. The van der Waals surface area contributed by atoms with Crippen molar-refractivity contribution in [2.24, 2.45) is 0 Å². The second kappa shape index (κ2) is 8.96. The van der Waals surface area contributed by atoms with E-state index in [1.807, 2.05) is 0 Å². The summed E-state index contributed by atoms with van der Waals surface area (Å²) >= 11 is 0. The van der Waals surface area contributed by atoms with Crippen LogP contribution in [0, 0.1) is 17.0 Å². The maximum absolute atomic E-state index is 12.2. The number of esters is 1. The number of nitrogens with zero attached hydrogens (tertiary/aromatic N) is 2. The second-order valence-electron chi connectivity index (χ2n) is 7.13. The number of nitro groups is 1. The van der Waals surface area contributed by atoms with Crippen molar-refractivity contribution in [1.82, 2.24) is 4.57 Å². The van der Waals surface area contributed by atoms with Gasteiger partial charge in [0.2, 0.25) is 5.70 Å². The van der Waals surface area contributed by atoms with Crippen molar-refractivity contribution in [2.45, 2.75) is 53.2 Å². The Bertz CT molecular complexity index is 659. The zero-order valence-electron chi connectivity index (χ0n) is 15.9. The normalized spacial score (nSPS) is 12.3. The molecule has 1 rings (SSSR count). The van der Waals surface area contributed by atoms with Crippen LogP contribution in [-0.2, 0) is 16.2 Å². The van der Waals surface area contributed by atoms with Gasteiger partial charge < -0.3 is 14.0 Å². The third-order valence-corrected chi connectivity index (χ3v) is 5.44. The van der Waals surface area contributed by atoms with Gasteiger partial charge in [-0.15, -0.1) is 0 Å². The summed E-state index contributed by atoms with van der Waals surface area (Å²) in [6, 6.07) is 1.05. The third-order valence-electron chi connectivity index (χ3n) is 3.73. The molecule has 25 heavy (non-hydrogen) atoms. The Kier molecular flexibility index (Phi) is 7.56. The molecule has 0 saturated heterocycles. The molecule has 0 atom stereocenters. The highest BCUT2D eigenvalue weighted by molar-refractivity contribution is 6.76. The average molecular weight is 369 g/mol. The van der Waals surface area contributed by atoms with Gasteiger partial charge in [0.15, 0.2) is 0 Å². The minimum absolute atomic E-state index is 0.0395. The molecule has 1 heterocycles. The van der Waals surface area contributed by atoms with Crippen LogP contribution in [0.2, 0.25) is 25.7 Å². The summed E-state index contributed by atoms with van der Waals surface area (Å²) in [5.41, 5.74) is 1.45. The zero-order chi connectivity index (χ0) is 19.2. The van der Waals surface area contributed by atoms with E-state index in [4.69, 9.17) is 9.47 Å². The first-order valence-corrected chi connectivity index (χ1v) is 12.0. The first-order chi connectivity index (χ1) is 11.6. The Morgan fingerprint density at radius 3 is 2.56 bits per heavy atom. The summed E-state index contributed by atoms with van der Waals surface area (Å²) in [5, 5.41) is 10.9. The van der Waals surface area contributed by atoms with Crippen LogP contribution in [0.15, 0.2) is 11.9 Å². The molecule has 7 nitrogen and oxygen atoms in total. The standard InChI is InChI=1S/C17H28N2O5Si/c1-7-24-17(20)16-14(3)18(12-23-8-9-25(4,5)6)11-15(16)10-13(2)19(21)22/h10-11H,7-9,12H2,1-6H3/b13-10+. The van der Waals surface area contributed by atoms with Gasteiger partial charge in [-0.1, -0.05) is 19.6 Å². The molecule has 0 aliphatic rings. The van der Waals surface area contributed by atoms with Crippen molar-refractivity contribution >= 4 is 20.1 Å². The molecular formula is C17H28N2O5Si. The van der Waals surface area contributed by atoms with Crippen molar-refractivity contribution in [3.63, 3.8) is 0 Å². The summed E-state index contributed by atoms with van der Waals surface area (Å²) in [6.07, 6.45) is 3.08. The predicted octanol–water partition coefficient (Wildman–Crippen LogP) is 3.92. The smallest absolute Gasteiger partial charge is 0.340 e. The van der Waals surface area contributed by atoms with Crippen molar-refractivity contribution in [2.75, 3.05) is 13.2 Å². The van der Waals surface area contributed by atoms with Gasteiger partial charge in [-0.25, -0.2) is 4.79 Å². The molecule has 0 aliphatic carbocycles. The lowest BCUT2D eigenvalue weighted by Gasteiger charge is -2.16. The number of carbonyl (C=O) groups is 1. The molecule has 0 bridgehead atoms. The summed E-state index contributed by atoms with van der Waals surface area (Å²) in [4.78, 5) is 22.7. The van der Waals surface area contributed by atoms with Gasteiger partial charge in [0.1, 0.15) is 6.73 Å². The van der Waals surface area contributed by atoms with E-state index in [9.17, 15) is 14.9 Å². The monoisotopic (exact) mass is 368 g/mol. The minimum atomic E-state index is -1.17. The van der Waals surface area contributed by atoms with Crippen LogP contribution in [0.25, 0.3) is 6.08 Å². The molecule has 0 aromatic carbocycles. The van der Waals surface area contributed by atoms with Crippen LogP contribution in [0.3, 0.4) is 0 Å². The third kappa shape index (κ3) is 6.47. The number of hydrogen-bond donors (Lipinski definition) is 0. The molecule has 0 radical (unpaired) electrons. The highest BCUT2D eigenvalue weighted by Crippen LogP contribution is 2.22. The van der Waals surface area contributed by atoms with Crippen molar-refractivity contribution < 1.29 is 19.2 Å².